The van der Waals surface area contributed by atoms with E-state index in [2.05, 4.69) is 16.5 Å². The van der Waals surface area contributed by atoms with Crippen molar-refractivity contribution in [3.63, 3.8) is 0 Å². The number of rotatable bonds is 5. The van der Waals surface area contributed by atoms with E-state index in [1.165, 1.54) is 0 Å². The summed E-state index contributed by atoms with van der Waals surface area (Å²) >= 11 is 0. The van der Waals surface area contributed by atoms with Crippen molar-refractivity contribution < 1.29 is 13.2 Å². The summed E-state index contributed by atoms with van der Waals surface area (Å²) in [5.74, 6) is 0.636. The molecule has 0 spiro atoms. The van der Waals surface area contributed by atoms with E-state index in [0.29, 0.717) is 18.0 Å². The number of anilines is 2. The average Bonchev–Trinajstić information content (AvgIpc) is 2.72. The first-order valence-corrected chi connectivity index (χ1v) is 10.4. The van der Waals surface area contributed by atoms with E-state index in [-0.39, 0.29) is 4.90 Å². The Morgan fingerprint density at radius 1 is 1.19 bits per heavy atom. The molecule has 1 unspecified atom stereocenters. The zero-order valence-corrected chi connectivity index (χ0v) is 16.3. The Balaban J connectivity index is 2.19. The molecule has 6 heteroatoms. The number of unbranched alkanes of at least 4 members (excludes halogenated alkanes) is 1. The molecule has 0 amide bonds. The highest BCUT2D eigenvalue weighted by molar-refractivity contribution is 7.89. The lowest BCUT2D eigenvalue weighted by atomic mass is 9.95. The summed E-state index contributed by atoms with van der Waals surface area (Å²) in [5, 5.41) is 0. The highest BCUT2D eigenvalue weighted by atomic mass is 32.2. The molecular weight excluding hydrogens is 348 g/mol. The number of para-hydroxylation sites is 1. The van der Waals surface area contributed by atoms with Gasteiger partial charge in [0.05, 0.1) is 12.8 Å². The maximum atomic E-state index is 13.1. The van der Waals surface area contributed by atoms with Crippen molar-refractivity contribution in [3.8, 4) is 5.75 Å². The second-order valence-corrected chi connectivity index (χ2v) is 8.68. The largest absolute Gasteiger partial charge is 0.497 e. The molecule has 2 aromatic carbocycles. The number of benzene rings is 2. The summed E-state index contributed by atoms with van der Waals surface area (Å²) in [4.78, 5) is 2.35. The summed E-state index contributed by atoms with van der Waals surface area (Å²) in [5.41, 5.74) is 1.05. The first-order chi connectivity index (χ1) is 12.4. The summed E-state index contributed by atoms with van der Waals surface area (Å²) in [7, 11) is -2.04. The van der Waals surface area contributed by atoms with E-state index in [1.807, 2.05) is 37.3 Å². The molecule has 1 N–H and O–H groups in total. The van der Waals surface area contributed by atoms with Crippen LogP contribution in [0.3, 0.4) is 0 Å². The second-order valence-electron chi connectivity index (χ2n) is 7.03. The van der Waals surface area contributed by atoms with Crippen LogP contribution in [0.4, 0.5) is 11.4 Å². The second kappa shape index (κ2) is 7.29. The quantitative estimate of drug-likeness (QED) is 0.857. The zero-order valence-electron chi connectivity index (χ0n) is 15.5. The number of fused-ring (bicyclic) bond motifs is 1. The molecule has 0 aromatic heterocycles. The maximum Gasteiger partial charge on any atom is 0.243 e. The van der Waals surface area contributed by atoms with Gasteiger partial charge in [0.15, 0.2) is 0 Å². The molecule has 5 nitrogen and oxygen atoms in total. The Kier molecular flexibility index (Phi) is 5.25. The molecule has 1 aliphatic rings. The predicted octanol–water partition coefficient (Wildman–Crippen LogP) is 4.07. The van der Waals surface area contributed by atoms with E-state index < -0.39 is 15.6 Å². The van der Waals surface area contributed by atoms with Gasteiger partial charge in [0.2, 0.25) is 10.0 Å². The SMILES string of the molecule is CCCCC1(C)CN(c2ccccc2)c2cc(OC)ccc2S(=O)(=O)N1. The van der Waals surface area contributed by atoms with Gasteiger partial charge in [-0.1, -0.05) is 38.0 Å². The normalized spacial score (nSPS) is 21.7. The lowest BCUT2D eigenvalue weighted by molar-refractivity contribution is 0.385. The van der Waals surface area contributed by atoms with Crippen molar-refractivity contribution in [2.45, 2.75) is 43.5 Å². The minimum Gasteiger partial charge on any atom is -0.497 e. The van der Waals surface area contributed by atoms with Crippen molar-refractivity contribution in [1.29, 1.82) is 0 Å². The van der Waals surface area contributed by atoms with Crippen molar-refractivity contribution in [2.24, 2.45) is 0 Å². The van der Waals surface area contributed by atoms with E-state index in [1.54, 1.807) is 25.3 Å². The number of nitrogens with one attached hydrogen (secondary N) is 1. The Morgan fingerprint density at radius 2 is 1.92 bits per heavy atom. The minimum absolute atomic E-state index is 0.280. The van der Waals surface area contributed by atoms with E-state index in [9.17, 15) is 8.42 Å². The Hall–Kier alpha value is -2.05. The molecule has 0 aliphatic carbocycles. The Labute approximate surface area is 156 Å². The topological polar surface area (TPSA) is 58.6 Å². The summed E-state index contributed by atoms with van der Waals surface area (Å²) in [6, 6.07) is 15.0. The van der Waals surface area contributed by atoms with Crippen molar-refractivity contribution in [1.82, 2.24) is 4.72 Å². The molecular formula is C20H26N2O3S. The van der Waals surface area contributed by atoms with Gasteiger partial charge in [-0.25, -0.2) is 13.1 Å². The number of hydrogen-bond acceptors (Lipinski definition) is 4. The molecule has 0 saturated carbocycles. The highest BCUT2D eigenvalue weighted by Gasteiger charge is 2.38. The number of nitrogens with zero attached hydrogens (tertiary/aromatic N) is 1. The average molecular weight is 375 g/mol. The fourth-order valence-corrected chi connectivity index (χ4v) is 5.06. The van der Waals surface area contributed by atoms with Gasteiger partial charge >= 0.3 is 0 Å². The number of methoxy groups -OCH3 is 1. The lowest BCUT2D eigenvalue weighted by Gasteiger charge is -2.34. The summed E-state index contributed by atoms with van der Waals surface area (Å²) in [6.45, 7) is 4.65. The molecule has 140 valence electrons. The first kappa shape index (κ1) is 18.7. The molecule has 1 atom stereocenters. The predicted molar refractivity (Wildman–Crippen MR) is 105 cm³/mol. The Morgan fingerprint density at radius 3 is 2.58 bits per heavy atom. The molecule has 3 rings (SSSR count). The zero-order chi connectivity index (χ0) is 18.8. The molecule has 0 bridgehead atoms. The third-order valence-electron chi connectivity index (χ3n) is 4.78. The van der Waals surface area contributed by atoms with Crippen LogP contribution in [0, 0.1) is 0 Å². The van der Waals surface area contributed by atoms with Gasteiger partial charge in [0.25, 0.3) is 0 Å². The molecule has 1 aliphatic heterocycles. The maximum absolute atomic E-state index is 13.1. The molecule has 0 fully saturated rings. The molecule has 0 saturated heterocycles. The van der Waals surface area contributed by atoms with Crippen molar-refractivity contribution >= 4 is 21.4 Å². The van der Waals surface area contributed by atoms with Crippen LogP contribution < -0.4 is 14.4 Å². The van der Waals surface area contributed by atoms with Crippen LogP contribution >= 0.6 is 0 Å². The monoisotopic (exact) mass is 374 g/mol. The van der Waals surface area contributed by atoms with Crippen LogP contribution in [0.2, 0.25) is 0 Å². The van der Waals surface area contributed by atoms with Gasteiger partial charge in [0.1, 0.15) is 10.6 Å². The Bertz CT molecular complexity index is 868. The fraction of sp³-hybridized carbons (Fsp3) is 0.400. The summed E-state index contributed by atoms with van der Waals surface area (Å²) in [6.07, 6.45) is 2.75. The molecule has 2 aromatic rings. The van der Waals surface area contributed by atoms with Gasteiger partial charge in [-0.2, -0.15) is 0 Å². The minimum atomic E-state index is -3.63. The van der Waals surface area contributed by atoms with Crippen LogP contribution in [0.15, 0.2) is 53.4 Å². The first-order valence-electron chi connectivity index (χ1n) is 8.93. The van der Waals surface area contributed by atoms with Crippen molar-refractivity contribution in [2.75, 3.05) is 18.6 Å². The molecule has 0 radical (unpaired) electrons. The lowest BCUT2D eigenvalue weighted by Crippen LogP contribution is -2.50. The van der Waals surface area contributed by atoms with Gasteiger partial charge in [-0.3, -0.25) is 0 Å². The smallest absolute Gasteiger partial charge is 0.243 e. The highest BCUT2D eigenvalue weighted by Crippen LogP contribution is 2.39. The standard InChI is InChI=1S/C20H26N2O3S/c1-4-5-13-20(2)15-22(16-9-7-6-8-10-16)18-14-17(25-3)11-12-19(18)26(23,24)21-20/h6-12,14,21H,4-5,13,15H2,1-3H3. The number of hydrogen-bond donors (Lipinski definition) is 1. The number of sulfonamides is 1. The van der Waals surface area contributed by atoms with Gasteiger partial charge < -0.3 is 9.64 Å². The van der Waals surface area contributed by atoms with Crippen LogP contribution in [0.25, 0.3) is 0 Å². The molecule has 1 heterocycles. The van der Waals surface area contributed by atoms with Crippen LogP contribution in [-0.2, 0) is 10.0 Å². The van der Waals surface area contributed by atoms with E-state index in [4.69, 9.17) is 4.74 Å². The van der Waals surface area contributed by atoms with Crippen LogP contribution in [0.1, 0.15) is 33.1 Å². The van der Waals surface area contributed by atoms with Crippen LogP contribution in [-0.4, -0.2) is 27.6 Å². The van der Waals surface area contributed by atoms with Gasteiger partial charge in [0, 0.05) is 23.8 Å². The van der Waals surface area contributed by atoms with E-state index in [0.717, 1.165) is 24.9 Å². The third kappa shape index (κ3) is 3.71. The summed E-state index contributed by atoms with van der Waals surface area (Å²) < 4.78 is 34.4. The van der Waals surface area contributed by atoms with Crippen molar-refractivity contribution in [3.05, 3.63) is 48.5 Å². The van der Waals surface area contributed by atoms with Crippen LogP contribution in [0.5, 0.6) is 5.75 Å². The van der Waals surface area contributed by atoms with Gasteiger partial charge in [-0.15, -0.1) is 0 Å². The number of ether oxygens (including phenoxy) is 1. The third-order valence-corrected chi connectivity index (χ3v) is 6.47. The molecule has 26 heavy (non-hydrogen) atoms. The fourth-order valence-electron chi connectivity index (χ4n) is 3.44. The van der Waals surface area contributed by atoms with E-state index >= 15 is 0 Å². The van der Waals surface area contributed by atoms with Gasteiger partial charge in [-0.05, 0) is 37.6 Å².